The average Bonchev–Trinajstić information content (AvgIpc) is 2.62. The van der Waals surface area contributed by atoms with Crippen LogP contribution in [0.3, 0.4) is 0 Å². The molecular weight excluding hydrogens is 336 g/mol. The van der Waals surface area contributed by atoms with Crippen molar-refractivity contribution in [3.05, 3.63) is 59.7 Å². The molecule has 7 heteroatoms. The third kappa shape index (κ3) is 6.27. The molecule has 136 valence electrons. The van der Waals surface area contributed by atoms with E-state index in [1.807, 2.05) is 26.0 Å². The number of aryl methyl sites for hydroxylation is 2. The number of rotatable bonds is 6. The maximum Gasteiger partial charge on any atom is 0.344 e. The Morgan fingerprint density at radius 2 is 1.65 bits per heavy atom. The molecule has 0 saturated carbocycles. The smallest absolute Gasteiger partial charge is 0.344 e. The number of imide groups is 1. The molecule has 2 aromatic rings. The minimum absolute atomic E-state index is 0.327. The minimum atomic E-state index is -0.737. The highest BCUT2D eigenvalue weighted by Gasteiger charge is 2.12. The zero-order valence-electron chi connectivity index (χ0n) is 14.6. The number of ether oxygens (including phenoxy) is 2. The van der Waals surface area contributed by atoms with Gasteiger partial charge in [0, 0.05) is 5.69 Å². The van der Waals surface area contributed by atoms with Gasteiger partial charge in [-0.15, -0.1) is 0 Å². The van der Waals surface area contributed by atoms with Gasteiger partial charge >= 0.3 is 12.0 Å². The molecule has 0 aliphatic carbocycles. The van der Waals surface area contributed by atoms with E-state index in [1.54, 1.807) is 36.4 Å². The van der Waals surface area contributed by atoms with Gasteiger partial charge in [-0.3, -0.25) is 10.1 Å². The van der Waals surface area contributed by atoms with E-state index in [0.29, 0.717) is 11.4 Å². The number of hydrogen-bond acceptors (Lipinski definition) is 5. The summed E-state index contributed by atoms with van der Waals surface area (Å²) in [4.78, 5) is 35.0. The van der Waals surface area contributed by atoms with Gasteiger partial charge in [-0.1, -0.05) is 24.3 Å². The fourth-order valence-corrected chi connectivity index (χ4v) is 1.99. The Kier molecular flexibility index (Phi) is 6.73. The van der Waals surface area contributed by atoms with Gasteiger partial charge in [-0.2, -0.15) is 0 Å². The molecule has 7 nitrogen and oxygen atoms in total. The van der Waals surface area contributed by atoms with Crippen LogP contribution in [0.5, 0.6) is 5.75 Å². The maximum atomic E-state index is 11.8. The topological polar surface area (TPSA) is 93.7 Å². The molecular formula is C19H20N2O5. The quantitative estimate of drug-likeness (QED) is 0.776. The van der Waals surface area contributed by atoms with Gasteiger partial charge in [0.1, 0.15) is 5.75 Å². The Balaban J connectivity index is 1.69. The van der Waals surface area contributed by atoms with Crippen LogP contribution >= 0.6 is 0 Å². The van der Waals surface area contributed by atoms with Crippen LogP contribution in [0.15, 0.2) is 48.5 Å². The summed E-state index contributed by atoms with van der Waals surface area (Å²) in [5.41, 5.74) is 2.67. The molecule has 2 aromatic carbocycles. The monoisotopic (exact) mass is 356 g/mol. The fourth-order valence-electron chi connectivity index (χ4n) is 1.99. The second-order valence-electron chi connectivity index (χ2n) is 5.56. The summed E-state index contributed by atoms with van der Waals surface area (Å²) in [6.45, 7) is 2.97. The van der Waals surface area contributed by atoms with Gasteiger partial charge in [0.2, 0.25) is 0 Å². The van der Waals surface area contributed by atoms with Crippen LogP contribution in [-0.2, 0) is 14.3 Å². The Morgan fingerprint density at radius 1 is 0.923 bits per heavy atom. The molecule has 0 spiro atoms. The van der Waals surface area contributed by atoms with E-state index in [2.05, 4.69) is 10.6 Å². The number of esters is 1. The molecule has 0 aliphatic heterocycles. The predicted octanol–water partition coefficient (Wildman–Crippen LogP) is 2.57. The Labute approximate surface area is 151 Å². The number of anilines is 1. The Hall–Kier alpha value is -3.35. The second-order valence-corrected chi connectivity index (χ2v) is 5.56. The SMILES string of the molecule is Cc1ccc(NC(=O)NC(=O)COC(=O)COc2ccccc2)cc1C. The highest BCUT2D eigenvalue weighted by Crippen LogP contribution is 2.13. The summed E-state index contributed by atoms with van der Waals surface area (Å²) in [7, 11) is 0. The average molecular weight is 356 g/mol. The maximum absolute atomic E-state index is 11.8. The Morgan fingerprint density at radius 3 is 2.35 bits per heavy atom. The van der Waals surface area contributed by atoms with Crippen molar-refractivity contribution < 1.29 is 23.9 Å². The number of para-hydroxylation sites is 1. The normalized spacial score (nSPS) is 9.92. The van der Waals surface area contributed by atoms with Crippen LogP contribution in [0.1, 0.15) is 11.1 Å². The van der Waals surface area contributed by atoms with Crippen molar-refractivity contribution in [3.8, 4) is 5.75 Å². The lowest BCUT2D eigenvalue weighted by Crippen LogP contribution is -2.37. The molecule has 26 heavy (non-hydrogen) atoms. The van der Waals surface area contributed by atoms with Gasteiger partial charge in [0.15, 0.2) is 13.2 Å². The zero-order chi connectivity index (χ0) is 18.9. The van der Waals surface area contributed by atoms with Crippen molar-refractivity contribution in [2.45, 2.75) is 13.8 Å². The molecule has 0 heterocycles. The summed E-state index contributed by atoms with van der Waals surface area (Å²) in [6.07, 6.45) is 0. The molecule has 0 aliphatic rings. The molecule has 0 aromatic heterocycles. The lowest BCUT2D eigenvalue weighted by molar-refractivity contribution is -0.150. The molecule has 2 rings (SSSR count). The molecule has 0 unspecified atom stereocenters. The van der Waals surface area contributed by atoms with Crippen molar-refractivity contribution in [1.82, 2.24) is 5.32 Å². The zero-order valence-corrected chi connectivity index (χ0v) is 14.6. The number of hydrogen-bond donors (Lipinski definition) is 2. The fraction of sp³-hybridized carbons (Fsp3) is 0.211. The third-order valence-corrected chi connectivity index (χ3v) is 3.48. The van der Waals surface area contributed by atoms with Crippen molar-refractivity contribution in [1.29, 1.82) is 0 Å². The molecule has 0 radical (unpaired) electrons. The van der Waals surface area contributed by atoms with Gasteiger partial charge in [0.05, 0.1) is 0 Å². The molecule has 0 fully saturated rings. The minimum Gasteiger partial charge on any atom is -0.482 e. The van der Waals surface area contributed by atoms with Crippen LogP contribution in [-0.4, -0.2) is 31.1 Å². The van der Waals surface area contributed by atoms with E-state index in [0.717, 1.165) is 11.1 Å². The number of benzene rings is 2. The van der Waals surface area contributed by atoms with Crippen molar-refractivity contribution >= 4 is 23.6 Å². The van der Waals surface area contributed by atoms with E-state index in [4.69, 9.17) is 9.47 Å². The molecule has 0 saturated heterocycles. The largest absolute Gasteiger partial charge is 0.482 e. The lowest BCUT2D eigenvalue weighted by atomic mass is 10.1. The highest BCUT2D eigenvalue weighted by molar-refractivity contribution is 6.01. The summed E-state index contributed by atoms with van der Waals surface area (Å²) in [5, 5.41) is 4.62. The van der Waals surface area contributed by atoms with E-state index in [9.17, 15) is 14.4 Å². The van der Waals surface area contributed by atoms with Crippen LogP contribution in [0.2, 0.25) is 0 Å². The first-order valence-corrected chi connectivity index (χ1v) is 7.95. The van der Waals surface area contributed by atoms with Crippen molar-refractivity contribution in [2.24, 2.45) is 0 Å². The summed E-state index contributed by atoms with van der Waals surface area (Å²) in [6, 6.07) is 13.4. The molecule has 2 N–H and O–H groups in total. The first kappa shape index (κ1) is 19.0. The number of urea groups is 1. The van der Waals surface area contributed by atoms with E-state index < -0.39 is 24.5 Å². The van der Waals surface area contributed by atoms with E-state index in [-0.39, 0.29) is 6.61 Å². The van der Waals surface area contributed by atoms with Gasteiger partial charge in [0.25, 0.3) is 5.91 Å². The van der Waals surface area contributed by atoms with E-state index in [1.165, 1.54) is 0 Å². The third-order valence-electron chi connectivity index (χ3n) is 3.48. The van der Waals surface area contributed by atoms with Gasteiger partial charge in [-0.05, 0) is 49.2 Å². The highest BCUT2D eigenvalue weighted by atomic mass is 16.6. The first-order chi connectivity index (χ1) is 12.4. The number of amides is 3. The summed E-state index contributed by atoms with van der Waals surface area (Å²) in [5.74, 6) is -0.931. The standard InChI is InChI=1S/C19H20N2O5/c1-13-8-9-15(10-14(13)2)20-19(24)21-17(22)11-26-18(23)12-25-16-6-4-3-5-7-16/h3-10H,11-12H2,1-2H3,(H2,20,21,22,24). The van der Waals surface area contributed by atoms with Crippen LogP contribution in [0.25, 0.3) is 0 Å². The number of carbonyl (C=O) groups excluding carboxylic acids is 3. The van der Waals surface area contributed by atoms with Crippen LogP contribution in [0, 0.1) is 13.8 Å². The van der Waals surface area contributed by atoms with Gasteiger partial charge < -0.3 is 14.8 Å². The Bertz CT molecular complexity index is 790. The van der Waals surface area contributed by atoms with Crippen LogP contribution in [0.4, 0.5) is 10.5 Å². The predicted molar refractivity (Wildman–Crippen MR) is 96.0 cm³/mol. The van der Waals surface area contributed by atoms with Crippen LogP contribution < -0.4 is 15.4 Å². The first-order valence-electron chi connectivity index (χ1n) is 7.95. The molecule has 0 atom stereocenters. The van der Waals surface area contributed by atoms with Gasteiger partial charge in [-0.25, -0.2) is 9.59 Å². The summed E-state index contributed by atoms with van der Waals surface area (Å²) >= 11 is 0. The second kappa shape index (κ2) is 9.22. The summed E-state index contributed by atoms with van der Waals surface area (Å²) < 4.78 is 9.95. The lowest BCUT2D eigenvalue weighted by Gasteiger charge is -2.09. The molecule has 0 bridgehead atoms. The molecule has 3 amide bonds. The van der Waals surface area contributed by atoms with E-state index >= 15 is 0 Å². The van der Waals surface area contributed by atoms with Crippen molar-refractivity contribution in [3.63, 3.8) is 0 Å². The number of carbonyl (C=O) groups is 3. The van der Waals surface area contributed by atoms with Crippen molar-refractivity contribution in [2.75, 3.05) is 18.5 Å². The number of nitrogens with one attached hydrogen (secondary N) is 2.